The molecule has 0 aliphatic heterocycles. The fourth-order valence-corrected chi connectivity index (χ4v) is 5.03. The van der Waals surface area contributed by atoms with E-state index < -0.39 is 28.5 Å². The van der Waals surface area contributed by atoms with Crippen molar-refractivity contribution in [2.24, 2.45) is 0 Å². The van der Waals surface area contributed by atoms with E-state index in [1.165, 1.54) is 4.90 Å². The van der Waals surface area contributed by atoms with Gasteiger partial charge in [-0.2, -0.15) is 0 Å². The Morgan fingerprint density at radius 1 is 1.03 bits per heavy atom. The number of carbonyl (C=O) groups is 2. The van der Waals surface area contributed by atoms with Crippen molar-refractivity contribution in [1.82, 2.24) is 10.2 Å². The Bertz CT molecular complexity index is 1160. The van der Waals surface area contributed by atoms with Crippen molar-refractivity contribution >= 4 is 50.7 Å². The summed E-state index contributed by atoms with van der Waals surface area (Å²) in [6.45, 7) is 7.54. The molecule has 35 heavy (non-hydrogen) atoms. The molecular weight excluding hydrogens is 509 g/mol. The summed E-state index contributed by atoms with van der Waals surface area (Å²) in [6.07, 6.45) is 1.42. The number of likely N-dealkylation sites (N-methyl/N-ethyl adjacent to an activating group) is 1. The number of para-hydroxylation sites is 1. The number of nitrogens with one attached hydrogen (secondary N) is 1. The third-order valence-corrected chi connectivity index (χ3v) is 7.45. The molecule has 0 spiro atoms. The van der Waals surface area contributed by atoms with E-state index >= 15 is 0 Å². The molecule has 1 atom stereocenters. The molecule has 0 saturated carbocycles. The number of sulfonamides is 1. The molecule has 0 heterocycles. The molecule has 2 amide bonds. The number of hydrogen-bond donors (Lipinski definition) is 1. The summed E-state index contributed by atoms with van der Waals surface area (Å²) < 4.78 is 26.8. The average Bonchev–Trinajstić information content (AvgIpc) is 2.79. The van der Waals surface area contributed by atoms with Crippen LogP contribution in [0.15, 0.2) is 42.5 Å². The maximum atomic E-state index is 13.7. The van der Waals surface area contributed by atoms with Crippen molar-refractivity contribution in [3.8, 4) is 0 Å². The van der Waals surface area contributed by atoms with Crippen molar-refractivity contribution in [3.05, 3.63) is 63.6 Å². The first kappa shape index (κ1) is 28.9. The quantitative estimate of drug-likeness (QED) is 0.441. The molecule has 0 saturated heterocycles. The number of benzene rings is 2. The van der Waals surface area contributed by atoms with Crippen molar-refractivity contribution < 1.29 is 18.0 Å². The van der Waals surface area contributed by atoms with Gasteiger partial charge in [0.25, 0.3) is 0 Å². The Hall–Kier alpha value is -2.29. The molecule has 0 bridgehead atoms. The molecule has 2 aromatic carbocycles. The van der Waals surface area contributed by atoms with Crippen LogP contribution < -0.4 is 9.62 Å². The first-order valence-electron chi connectivity index (χ1n) is 11.5. The van der Waals surface area contributed by atoms with Gasteiger partial charge in [0.2, 0.25) is 21.8 Å². The molecule has 1 N–H and O–H groups in total. The third kappa shape index (κ3) is 7.59. The van der Waals surface area contributed by atoms with Gasteiger partial charge in [-0.25, -0.2) is 8.42 Å². The highest BCUT2D eigenvalue weighted by molar-refractivity contribution is 7.92. The number of carbonyl (C=O) groups excluding carboxylic acids is 2. The lowest BCUT2D eigenvalue weighted by Gasteiger charge is -2.33. The van der Waals surface area contributed by atoms with Crippen LogP contribution in [0.2, 0.25) is 10.0 Å². The van der Waals surface area contributed by atoms with Crippen LogP contribution in [0, 0.1) is 0 Å². The minimum absolute atomic E-state index is 0.0385. The molecule has 2 aromatic rings. The van der Waals surface area contributed by atoms with Crippen molar-refractivity contribution in [2.75, 3.05) is 23.7 Å². The van der Waals surface area contributed by atoms with Gasteiger partial charge < -0.3 is 10.2 Å². The number of nitrogens with zero attached hydrogens (tertiary/aromatic N) is 2. The van der Waals surface area contributed by atoms with Crippen LogP contribution in [-0.4, -0.2) is 50.5 Å². The third-order valence-electron chi connectivity index (χ3n) is 5.58. The maximum Gasteiger partial charge on any atom is 0.244 e. The lowest BCUT2D eigenvalue weighted by atomic mass is 10.0. The Morgan fingerprint density at radius 2 is 1.69 bits per heavy atom. The number of rotatable bonds is 11. The number of amides is 2. The lowest BCUT2D eigenvalue weighted by molar-refractivity contribution is -0.140. The van der Waals surface area contributed by atoms with Gasteiger partial charge in [0.05, 0.1) is 22.0 Å². The summed E-state index contributed by atoms with van der Waals surface area (Å²) in [7, 11) is -3.80. The Balaban J connectivity index is 2.52. The van der Waals surface area contributed by atoms with Crippen LogP contribution in [-0.2, 0) is 26.2 Å². The van der Waals surface area contributed by atoms with E-state index in [1.54, 1.807) is 44.2 Å². The predicted molar refractivity (Wildman–Crippen MR) is 142 cm³/mol. The second-order valence-electron chi connectivity index (χ2n) is 8.57. The summed E-state index contributed by atoms with van der Waals surface area (Å²) in [5.74, 6) is -0.772. The number of halogens is 2. The average molecular weight is 543 g/mol. The molecule has 0 unspecified atom stereocenters. The van der Waals surface area contributed by atoms with E-state index in [1.807, 2.05) is 26.0 Å². The molecule has 192 valence electrons. The first-order chi connectivity index (χ1) is 16.4. The molecule has 0 aliphatic rings. The molecular formula is C25H33Cl2N3O4S. The molecule has 0 radical (unpaired) electrons. The van der Waals surface area contributed by atoms with Gasteiger partial charge in [0, 0.05) is 13.1 Å². The molecule has 2 rings (SSSR count). The van der Waals surface area contributed by atoms with Gasteiger partial charge in [-0.05, 0) is 48.6 Å². The summed E-state index contributed by atoms with van der Waals surface area (Å²) in [5.41, 5.74) is 1.92. The highest BCUT2D eigenvalue weighted by Crippen LogP contribution is 2.29. The normalized spacial score (nSPS) is 12.3. The van der Waals surface area contributed by atoms with Gasteiger partial charge in [-0.1, -0.05) is 68.2 Å². The Labute approximate surface area is 218 Å². The molecule has 0 aliphatic carbocycles. The van der Waals surface area contributed by atoms with Crippen LogP contribution in [0.3, 0.4) is 0 Å². The second kappa shape index (κ2) is 12.6. The van der Waals surface area contributed by atoms with E-state index in [4.69, 9.17) is 23.2 Å². The maximum absolute atomic E-state index is 13.7. The minimum Gasteiger partial charge on any atom is -0.355 e. The molecule has 10 heteroatoms. The standard InChI is InChI=1S/C25H33Cl2N3O4S/c1-6-22(25(32)28-7-2)29(15-18-12-13-20(26)21(27)14-18)24(31)16-30(35(5,33)34)23-11-9-8-10-19(23)17(3)4/h8-14,17,22H,6-7,15-16H2,1-5H3,(H,28,32)/t22-/m1/s1. The van der Waals surface area contributed by atoms with E-state index in [2.05, 4.69) is 5.32 Å². The zero-order chi connectivity index (χ0) is 26.3. The van der Waals surface area contributed by atoms with Gasteiger partial charge in [0.1, 0.15) is 12.6 Å². The predicted octanol–water partition coefficient (Wildman–Crippen LogP) is 4.83. The fraction of sp³-hybridized carbons (Fsp3) is 0.440. The minimum atomic E-state index is -3.80. The van der Waals surface area contributed by atoms with E-state index in [9.17, 15) is 18.0 Å². The highest BCUT2D eigenvalue weighted by atomic mass is 35.5. The Kier molecular flexibility index (Phi) is 10.4. The number of hydrogen-bond acceptors (Lipinski definition) is 4. The second-order valence-corrected chi connectivity index (χ2v) is 11.3. The highest BCUT2D eigenvalue weighted by Gasteiger charge is 2.32. The van der Waals surface area contributed by atoms with Gasteiger partial charge in [0.15, 0.2) is 0 Å². The molecule has 0 fully saturated rings. The topological polar surface area (TPSA) is 86.8 Å². The monoisotopic (exact) mass is 541 g/mol. The van der Waals surface area contributed by atoms with E-state index in [-0.39, 0.29) is 18.4 Å². The fourth-order valence-electron chi connectivity index (χ4n) is 3.84. The van der Waals surface area contributed by atoms with Gasteiger partial charge in [-0.15, -0.1) is 0 Å². The van der Waals surface area contributed by atoms with Crippen LogP contribution in [0.5, 0.6) is 0 Å². The van der Waals surface area contributed by atoms with Crippen molar-refractivity contribution in [2.45, 2.75) is 52.6 Å². The van der Waals surface area contributed by atoms with Crippen LogP contribution in [0.1, 0.15) is 51.2 Å². The summed E-state index contributed by atoms with van der Waals surface area (Å²) in [5, 5.41) is 3.46. The summed E-state index contributed by atoms with van der Waals surface area (Å²) in [6, 6.07) is 11.3. The SMILES string of the molecule is CCNC(=O)[C@@H](CC)N(Cc1ccc(Cl)c(Cl)c1)C(=O)CN(c1ccccc1C(C)C)S(C)(=O)=O. The molecule has 7 nitrogen and oxygen atoms in total. The van der Waals surface area contributed by atoms with Gasteiger partial charge in [-0.3, -0.25) is 13.9 Å². The summed E-state index contributed by atoms with van der Waals surface area (Å²) >= 11 is 12.2. The number of anilines is 1. The van der Waals surface area contributed by atoms with Crippen LogP contribution >= 0.6 is 23.2 Å². The van der Waals surface area contributed by atoms with Crippen LogP contribution in [0.4, 0.5) is 5.69 Å². The largest absolute Gasteiger partial charge is 0.355 e. The summed E-state index contributed by atoms with van der Waals surface area (Å²) in [4.78, 5) is 27.9. The zero-order valence-electron chi connectivity index (χ0n) is 20.7. The smallest absolute Gasteiger partial charge is 0.244 e. The van der Waals surface area contributed by atoms with Crippen LogP contribution in [0.25, 0.3) is 0 Å². The van der Waals surface area contributed by atoms with E-state index in [0.29, 0.717) is 34.3 Å². The molecule has 0 aromatic heterocycles. The van der Waals surface area contributed by atoms with E-state index in [0.717, 1.165) is 16.1 Å². The lowest BCUT2D eigenvalue weighted by Crippen LogP contribution is -2.52. The Morgan fingerprint density at radius 3 is 2.23 bits per heavy atom. The van der Waals surface area contributed by atoms with Gasteiger partial charge >= 0.3 is 0 Å². The first-order valence-corrected chi connectivity index (χ1v) is 14.1. The zero-order valence-corrected chi connectivity index (χ0v) is 23.0. The van der Waals surface area contributed by atoms with Crippen molar-refractivity contribution in [1.29, 1.82) is 0 Å². The van der Waals surface area contributed by atoms with Crippen molar-refractivity contribution in [3.63, 3.8) is 0 Å².